The molecule has 1 aliphatic heterocycles. The van der Waals surface area contributed by atoms with Gasteiger partial charge in [0.05, 0.1) is 28.6 Å². The molecule has 2 atom stereocenters. The minimum Gasteiger partial charge on any atom is -0.381 e. The Balaban J connectivity index is 1.44. The molecular formula is C24H18ClF2N9O. The molecule has 0 radical (unpaired) electrons. The summed E-state index contributed by atoms with van der Waals surface area (Å²) in [5.41, 5.74) is 7.70. The summed E-state index contributed by atoms with van der Waals surface area (Å²) in [7, 11) is 0. The van der Waals surface area contributed by atoms with Crippen molar-refractivity contribution < 1.29 is 8.78 Å². The van der Waals surface area contributed by atoms with Gasteiger partial charge in [-0.15, -0.1) is 5.10 Å². The van der Waals surface area contributed by atoms with Crippen LogP contribution < -0.4 is 11.3 Å². The highest BCUT2D eigenvalue weighted by molar-refractivity contribution is 6.31. The minimum absolute atomic E-state index is 0.0411. The molecule has 0 aliphatic carbocycles. The summed E-state index contributed by atoms with van der Waals surface area (Å²) in [5.74, 6) is -1.01. The number of hydrogen-bond donors (Lipinski definition) is 2. The van der Waals surface area contributed by atoms with Crippen LogP contribution in [0.5, 0.6) is 0 Å². The number of pyridine rings is 2. The number of nitrogen functional groups attached to an aromatic ring is 1. The smallest absolute Gasteiger partial charge is 0.252 e. The van der Waals surface area contributed by atoms with Crippen molar-refractivity contribution in [3.8, 4) is 28.1 Å². The number of hydrogen-bond acceptors (Lipinski definition) is 7. The number of nitrogens with one attached hydrogen (secondary N) is 1. The fourth-order valence-corrected chi connectivity index (χ4v) is 4.94. The second-order valence-corrected chi connectivity index (χ2v) is 9.22. The van der Waals surface area contributed by atoms with E-state index in [-0.39, 0.29) is 27.9 Å². The predicted molar refractivity (Wildman–Crippen MR) is 131 cm³/mol. The Morgan fingerprint density at radius 1 is 1.14 bits per heavy atom. The highest BCUT2D eigenvalue weighted by atomic mass is 35.5. The predicted octanol–water partition coefficient (Wildman–Crippen LogP) is 3.89. The van der Waals surface area contributed by atoms with Gasteiger partial charge in [0.15, 0.2) is 17.5 Å². The van der Waals surface area contributed by atoms with Crippen molar-refractivity contribution in [1.82, 2.24) is 39.7 Å². The molecule has 0 spiro atoms. The van der Waals surface area contributed by atoms with Gasteiger partial charge >= 0.3 is 0 Å². The van der Waals surface area contributed by atoms with Gasteiger partial charge in [-0.2, -0.15) is 4.68 Å². The molecule has 4 aromatic heterocycles. The van der Waals surface area contributed by atoms with Crippen LogP contribution in [-0.4, -0.2) is 39.7 Å². The largest absolute Gasteiger partial charge is 0.381 e. The summed E-state index contributed by atoms with van der Waals surface area (Å²) >= 11 is 6.09. The topological polar surface area (TPSA) is 133 Å². The number of benzene rings is 1. The van der Waals surface area contributed by atoms with Gasteiger partial charge in [0.25, 0.3) is 5.56 Å². The van der Waals surface area contributed by atoms with Crippen LogP contribution in [0.1, 0.15) is 36.8 Å². The summed E-state index contributed by atoms with van der Waals surface area (Å²) in [6.45, 7) is 1.98. The Kier molecular flexibility index (Phi) is 5.33. The maximum absolute atomic E-state index is 15.3. The van der Waals surface area contributed by atoms with Crippen LogP contribution >= 0.6 is 11.6 Å². The molecule has 3 N–H and O–H groups in total. The van der Waals surface area contributed by atoms with Crippen molar-refractivity contribution >= 4 is 17.4 Å². The fraction of sp³-hybridized carbons (Fsp3) is 0.167. The number of nitrogens with zero attached hydrogens (tertiary/aromatic N) is 7. The fourth-order valence-electron chi connectivity index (χ4n) is 4.78. The SMILES string of the molecule is C[C@@H]1C[C@@H](c2ncc(-c3cnc(N)c(F)c3)[nH]2)n2c1cc(-c1c(-n3cnnn3)ccc(Cl)c1F)cc2=O. The van der Waals surface area contributed by atoms with Crippen LogP contribution in [-0.2, 0) is 0 Å². The zero-order valence-electron chi connectivity index (χ0n) is 19.2. The molecule has 1 aliphatic rings. The van der Waals surface area contributed by atoms with Crippen LogP contribution in [0.2, 0.25) is 5.02 Å². The Morgan fingerprint density at radius 2 is 1.97 bits per heavy atom. The summed E-state index contributed by atoms with van der Waals surface area (Å²) < 4.78 is 32.2. The van der Waals surface area contributed by atoms with Crippen molar-refractivity contribution in [2.75, 3.05) is 5.73 Å². The molecule has 37 heavy (non-hydrogen) atoms. The van der Waals surface area contributed by atoms with E-state index in [1.165, 1.54) is 35.4 Å². The number of tetrazole rings is 1. The molecule has 186 valence electrons. The van der Waals surface area contributed by atoms with E-state index in [4.69, 9.17) is 17.3 Å². The minimum atomic E-state index is -0.679. The summed E-state index contributed by atoms with van der Waals surface area (Å²) in [6.07, 6.45) is 4.92. The van der Waals surface area contributed by atoms with Crippen molar-refractivity contribution in [3.05, 3.63) is 87.6 Å². The molecule has 6 rings (SSSR count). The van der Waals surface area contributed by atoms with E-state index in [9.17, 15) is 9.18 Å². The van der Waals surface area contributed by atoms with Gasteiger partial charge in [0.1, 0.15) is 12.2 Å². The van der Waals surface area contributed by atoms with Crippen LogP contribution in [0.15, 0.2) is 53.8 Å². The average Bonchev–Trinajstić information content (AvgIpc) is 3.63. The van der Waals surface area contributed by atoms with Gasteiger partial charge in [-0.05, 0) is 52.6 Å². The van der Waals surface area contributed by atoms with Gasteiger partial charge in [-0.25, -0.2) is 18.7 Å². The lowest BCUT2D eigenvalue weighted by atomic mass is 9.99. The van der Waals surface area contributed by atoms with Crippen LogP contribution in [0.25, 0.3) is 28.1 Å². The quantitative estimate of drug-likeness (QED) is 0.366. The van der Waals surface area contributed by atoms with E-state index in [2.05, 4.69) is 30.5 Å². The standard InChI is InChI=1S/C24H18ClF2N9O/c1-11-4-19(24-30-9-16(32-24)13-5-15(26)23(28)29-8-13)36-18(11)6-12(7-20(36)37)21-17(35-10-31-33-34-35)3-2-14(25)22(21)27/h2-3,5-11,19H,4H2,1H3,(H2,28,29)(H,30,32)/t11-,19+/m1/s1. The number of rotatable bonds is 4. The molecule has 0 bridgehead atoms. The maximum Gasteiger partial charge on any atom is 0.252 e. The normalized spacial score (nSPS) is 16.8. The van der Waals surface area contributed by atoms with E-state index in [0.29, 0.717) is 40.4 Å². The Bertz CT molecular complexity index is 1710. The maximum atomic E-state index is 15.3. The molecule has 0 fully saturated rings. The van der Waals surface area contributed by atoms with Gasteiger partial charge in [-0.3, -0.25) is 4.79 Å². The Hall–Kier alpha value is -4.45. The Labute approximate surface area is 212 Å². The van der Waals surface area contributed by atoms with Crippen LogP contribution in [0.3, 0.4) is 0 Å². The van der Waals surface area contributed by atoms with Crippen molar-refractivity contribution in [3.63, 3.8) is 0 Å². The van der Waals surface area contributed by atoms with E-state index in [0.717, 1.165) is 0 Å². The molecule has 0 saturated heterocycles. The third kappa shape index (κ3) is 3.76. The average molecular weight is 522 g/mol. The van der Waals surface area contributed by atoms with Crippen molar-refractivity contribution in [1.29, 1.82) is 0 Å². The zero-order valence-corrected chi connectivity index (χ0v) is 20.0. The molecule has 0 unspecified atom stereocenters. The first kappa shape index (κ1) is 23.0. The van der Waals surface area contributed by atoms with Gasteiger partial charge in [-0.1, -0.05) is 18.5 Å². The number of fused-ring (bicyclic) bond motifs is 1. The molecule has 13 heteroatoms. The second-order valence-electron chi connectivity index (χ2n) is 8.81. The van der Waals surface area contributed by atoms with Gasteiger partial charge in [0, 0.05) is 29.1 Å². The van der Waals surface area contributed by atoms with E-state index >= 15 is 4.39 Å². The number of imidazole rings is 1. The van der Waals surface area contributed by atoms with Crippen LogP contribution in [0.4, 0.5) is 14.6 Å². The molecule has 10 nitrogen and oxygen atoms in total. The molecular weight excluding hydrogens is 504 g/mol. The van der Waals surface area contributed by atoms with E-state index in [1.54, 1.807) is 22.9 Å². The van der Waals surface area contributed by atoms with Crippen molar-refractivity contribution in [2.24, 2.45) is 0 Å². The lowest BCUT2D eigenvalue weighted by Crippen LogP contribution is -2.24. The molecule has 5 heterocycles. The third-order valence-corrected chi connectivity index (χ3v) is 6.83. The molecule has 1 aromatic carbocycles. The molecule has 5 aromatic rings. The number of anilines is 1. The highest BCUT2D eigenvalue weighted by Gasteiger charge is 2.33. The number of halogens is 3. The van der Waals surface area contributed by atoms with Crippen LogP contribution in [0, 0.1) is 11.6 Å². The number of nitrogens with two attached hydrogens (primary N) is 1. The zero-order chi connectivity index (χ0) is 25.8. The number of aromatic nitrogens is 8. The highest BCUT2D eigenvalue weighted by Crippen LogP contribution is 2.40. The van der Waals surface area contributed by atoms with Gasteiger partial charge < -0.3 is 15.3 Å². The first-order valence-electron chi connectivity index (χ1n) is 11.3. The summed E-state index contributed by atoms with van der Waals surface area (Å²) in [4.78, 5) is 24.9. The van der Waals surface area contributed by atoms with E-state index in [1.807, 2.05) is 6.92 Å². The summed E-state index contributed by atoms with van der Waals surface area (Å²) in [5, 5.41) is 11.0. The Morgan fingerprint density at radius 3 is 2.73 bits per heavy atom. The number of aromatic amines is 1. The first-order chi connectivity index (χ1) is 17.8. The second kappa shape index (κ2) is 8.59. The van der Waals surface area contributed by atoms with E-state index < -0.39 is 17.7 Å². The monoisotopic (exact) mass is 521 g/mol. The third-order valence-electron chi connectivity index (χ3n) is 6.54. The van der Waals surface area contributed by atoms with Gasteiger partial charge in [0.2, 0.25) is 0 Å². The summed E-state index contributed by atoms with van der Waals surface area (Å²) in [6, 6.07) is 7.01. The molecule has 0 amide bonds. The number of H-pyrrole nitrogens is 1. The first-order valence-corrected chi connectivity index (χ1v) is 11.6. The lowest BCUT2D eigenvalue weighted by Gasteiger charge is -2.16. The van der Waals surface area contributed by atoms with Crippen molar-refractivity contribution in [2.45, 2.75) is 25.3 Å². The lowest BCUT2D eigenvalue weighted by molar-refractivity contribution is 0.557. The molecule has 0 saturated carbocycles.